The van der Waals surface area contributed by atoms with Crippen molar-refractivity contribution in [3.8, 4) is 0 Å². The zero-order valence-electron chi connectivity index (χ0n) is 10.6. The number of halogens is 3. The molecule has 6 heteroatoms. The maximum atomic E-state index is 9.94. The van der Waals surface area contributed by atoms with Crippen molar-refractivity contribution < 1.29 is 9.84 Å². The van der Waals surface area contributed by atoms with Crippen LogP contribution in [0.4, 0.5) is 5.69 Å². The fourth-order valence-electron chi connectivity index (χ4n) is 1.90. The molecule has 1 saturated heterocycles. The van der Waals surface area contributed by atoms with Gasteiger partial charge in [-0.1, -0.05) is 22.9 Å². The van der Waals surface area contributed by atoms with Crippen molar-refractivity contribution in [2.24, 2.45) is 0 Å². The van der Waals surface area contributed by atoms with Crippen molar-refractivity contribution >= 4 is 53.5 Å². The van der Waals surface area contributed by atoms with Crippen LogP contribution in [0.3, 0.4) is 0 Å². The van der Waals surface area contributed by atoms with Crippen LogP contribution in [0, 0.1) is 0 Å². The predicted octanol–water partition coefficient (Wildman–Crippen LogP) is 3.95. The summed E-state index contributed by atoms with van der Waals surface area (Å²) in [6, 6.07) is 4.03. The smallest absolute Gasteiger partial charge is 0.0984 e. The predicted molar refractivity (Wildman–Crippen MR) is 87.8 cm³/mol. The van der Waals surface area contributed by atoms with E-state index in [0.717, 1.165) is 38.7 Å². The molecule has 1 aromatic carbocycles. The van der Waals surface area contributed by atoms with Crippen LogP contribution in [0.5, 0.6) is 0 Å². The Kier molecular flexibility index (Phi) is 5.72. The number of aliphatic hydroxyl groups excluding tert-OH is 1. The molecule has 2 atom stereocenters. The lowest BCUT2D eigenvalue weighted by Gasteiger charge is -2.28. The first-order valence-corrected chi connectivity index (χ1v) is 8.58. The van der Waals surface area contributed by atoms with Gasteiger partial charge in [-0.15, -0.1) is 0 Å². The first-order chi connectivity index (χ1) is 9.01. The van der Waals surface area contributed by atoms with Gasteiger partial charge in [0.2, 0.25) is 0 Å². The van der Waals surface area contributed by atoms with Gasteiger partial charge in [-0.2, -0.15) is 0 Å². The lowest BCUT2D eigenvalue weighted by Crippen LogP contribution is -2.35. The molecule has 106 valence electrons. The molecular formula is C13H16Br3NO2. The number of epoxide rings is 1. The Bertz CT molecular complexity index is 429. The molecule has 1 heterocycles. The summed E-state index contributed by atoms with van der Waals surface area (Å²) in [5, 5.41) is 9.94. The minimum Gasteiger partial charge on any atom is -0.391 e. The minimum atomic E-state index is -0.332. The zero-order chi connectivity index (χ0) is 14.0. The Morgan fingerprint density at radius 3 is 2.42 bits per heavy atom. The monoisotopic (exact) mass is 455 g/mol. The number of benzene rings is 1. The first kappa shape index (κ1) is 15.8. The van der Waals surface area contributed by atoms with Gasteiger partial charge in [0.1, 0.15) is 0 Å². The molecule has 0 aliphatic carbocycles. The highest BCUT2D eigenvalue weighted by molar-refractivity contribution is 9.11. The Hall–Kier alpha value is 0.380. The van der Waals surface area contributed by atoms with Crippen molar-refractivity contribution in [3.63, 3.8) is 0 Å². The lowest BCUT2D eigenvalue weighted by atomic mass is 10.2. The summed E-state index contributed by atoms with van der Waals surface area (Å²) in [4.78, 5) is 2.17. The lowest BCUT2D eigenvalue weighted by molar-refractivity contribution is 0.175. The van der Waals surface area contributed by atoms with Crippen molar-refractivity contribution in [1.29, 1.82) is 0 Å². The molecular weight excluding hydrogens is 442 g/mol. The van der Waals surface area contributed by atoms with Crippen molar-refractivity contribution in [3.05, 3.63) is 25.6 Å². The van der Waals surface area contributed by atoms with E-state index in [0.29, 0.717) is 6.54 Å². The number of nitrogens with zero attached hydrogens (tertiary/aromatic N) is 1. The fourth-order valence-corrected chi connectivity index (χ4v) is 4.66. The maximum Gasteiger partial charge on any atom is 0.0984 e. The largest absolute Gasteiger partial charge is 0.391 e. The van der Waals surface area contributed by atoms with Crippen LogP contribution >= 0.6 is 47.8 Å². The SMILES string of the molecule is CCC(O)CN(CC1CO1)c1c(Br)cc(Br)cc1Br. The van der Waals surface area contributed by atoms with Gasteiger partial charge >= 0.3 is 0 Å². The van der Waals surface area contributed by atoms with E-state index in [-0.39, 0.29) is 12.2 Å². The van der Waals surface area contributed by atoms with Gasteiger partial charge in [0, 0.05) is 26.5 Å². The molecule has 0 spiro atoms. The third-order valence-corrected chi connectivity index (χ3v) is 4.69. The number of hydrogen-bond donors (Lipinski definition) is 1. The molecule has 2 unspecified atom stereocenters. The summed E-state index contributed by atoms with van der Waals surface area (Å²) in [5.41, 5.74) is 1.06. The van der Waals surface area contributed by atoms with E-state index < -0.39 is 0 Å². The van der Waals surface area contributed by atoms with Gasteiger partial charge < -0.3 is 14.7 Å². The summed E-state index contributed by atoms with van der Waals surface area (Å²) in [6.45, 7) is 4.21. The average molecular weight is 458 g/mol. The fraction of sp³-hybridized carbons (Fsp3) is 0.538. The molecule has 2 rings (SSSR count). The zero-order valence-corrected chi connectivity index (χ0v) is 15.3. The molecule has 0 saturated carbocycles. The van der Waals surface area contributed by atoms with Crippen LogP contribution in [-0.2, 0) is 4.74 Å². The van der Waals surface area contributed by atoms with Crippen LogP contribution in [0.15, 0.2) is 25.6 Å². The average Bonchev–Trinajstić information content (AvgIpc) is 3.11. The van der Waals surface area contributed by atoms with E-state index in [1.54, 1.807) is 0 Å². The van der Waals surface area contributed by atoms with E-state index in [1.165, 1.54) is 0 Å². The standard InChI is InChI=1S/C13H16Br3NO2/c1-2-9(18)5-17(6-10-7-19-10)13-11(15)3-8(14)4-12(13)16/h3-4,9-10,18H,2,5-7H2,1H3. The van der Waals surface area contributed by atoms with E-state index in [4.69, 9.17) is 4.74 Å². The molecule has 19 heavy (non-hydrogen) atoms. The highest BCUT2D eigenvalue weighted by Crippen LogP contribution is 2.38. The minimum absolute atomic E-state index is 0.284. The van der Waals surface area contributed by atoms with Crippen LogP contribution in [0.2, 0.25) is 0 Å². The molecule has 1 aliphatic heterocycles. The molecule has 3 nitrogen and oxygen atoms in total. The summed E-state index contributed by atoms with van der Waals surface area (Å²) >= 11 is 10.7. The van der Waals surface area contributed by atoms with Crippen LogP contribution in [0.25, 0.3) is 0 Å². The maximum absolute atomic E-state index is 9.94. The highest BCUT2D eigenvalue weighted by atomic mass is 79.9. The van der Waals surface area contributed by atoms with Crippen LogP contribution < -0.4 is 4.90 Å². The van der Waals surface area contributed by atoms with Crippen molar-refractivity contribution in [2.75, 3.05) is 24.6 Å². The summed E-state index contributed by atoms with van der Waals surface area (Å²) < 4.78 is 8.32. The van der Waals surface area contributed by atoms with Gasteiger partial charge in [0.15, 0.2) is 0 Å². The van der Waals surface area contributed by atoms with Crippen molar-refractivity contribution in [1.82, 2.24) is 0 Å². The van der Waals surface area contributed by atoms with Crippen LogP contribution in [-0.4, -0.2) is 37.0 Å². The van der Waals surface area contributed by atoms with E-state index in [9.17, 15) is 5.11 Å². The van der Waals surface area contributed by atoms with Gasteiger partial charge in [-0.3, -0.25) is 0 Å². The molecule has 0 amide bonds. The number of ether oxygens (including phenoxy) is 1. The molecule has 1 aliphatic rings. The normalized spacial score (nSPS) is 19.3. The highest BCUT2D eigenvalue weighted by Gasteiger charge is 2.28. The Morgan fingerprint density at radius 1 is 1.37 bits per heavy atom. The second-order valence-corrected chi connectivity index (χ2v) is 7.26. The van der Waals surface area contributed by atoms with Crippen molar-refractivity contribution in [2.45, 2.75) is 25.6 Å². The quantitative estimate of drug-likeness (QED) is 0.657. The van der Waals surface area contributed by atoms with E-state index in [1.807, 2.05) is 19.1 Å². The second kappa shape index (κ2) is 6.89. The third kappa shape index (κ3) is 4.43. The van der Waals surface area contributed by atoms with Gasteiger partial charge in [0.05, 0.1) is 24.5 Å². The van der Waals surface area contributed by atoms with E-state index >= 15 is 0 Å². The van der Waals surface area contributed by atoms with E-state index in [2.05, 4.69) is 52.7 Å². The topological polar surface area (TPSA) is 36.0 Å². The summed E-state index contributed by atoms with van der Waals surface area (Å²) in [5.74, 6) is 0. The first-order valence-electron chi connectivity index (χ1n) is 6.20. The Morgan fingerprint density at radius 2 is 1.95 bits per heavy atom. The summed E-state index contributed by atoms with van der Waals surface area (Å²) in [7, 11) is 0. The number of aliphatic hydroxyl groups is 1. The molecule has 0 radical (unpaired) electrons. The molecule has 0 bridgehead atoms. The van der Waals surface area contributed by atoms with Gasteiger partial charge in [-0.25, -0.2) is 0 Å². The Labute approximate surface area is 138 Å². The molecule has 1 aromatic rings. The Balaban J connectivity index is 2.25. The van der Waals surface area contributed by atoms with Gasteiger partial charge in [-0.05, 0) is 50.4 Å². The molecule has 1 fully saturated rings. The molecule has 1 N–H and O–H groups in total. The molecule has 0 aromatic heterocycles. The number of hydrogen-bond acceptors (Lipinski definition) is 3. The van der Waals surface area contributed by atoms with Gasteiger partial charge in [0.25, 0.3) is 0 Å². The summed E-state index contributed by atoms with van der Waals surface area (Å²) in [6.07, 6.45) is 0.695. The second-order valence-electron chi connectivity index (χ2n) is 4.64. The number of anilines is 1. The van der Waals surface area contributed by atoms with Crippen LogP contribution in [0.1, 0.15) is 13.3 Å². The third-order valence-electron chi connectivity index (χ3n) is 3.03. The number of rotatable bonds is 6.